The Kier molecular flexibility index (Phi) is 16.8. The first kappa shape index (κ1) is 44.8. The second-order valence-corrected chi connectivity index (χ2v) is 20.2. The van der Waals surface area contributed by atoms with Crippen molar-refractivity contribution in [2.75, 3.05) is 27.2 Å². The van der Waals surface area contributed by atoms with Gasteiger partial charge in [0.05, 0.1) is 19.5 Å². The van der Waals surface area contributed by atoms with E-state index in [0.29, 0.717) is 36.8 Å². The highest BCUT2D eigenvalue weighted by molar-refractivity contribution is 8.09. The lowest BCUT2D eigenvalue weighted by Crippen LogP contribution is -2.30. The van der Waals surface area contributed by atoms with Crippen LogP contribution in [0.5, 0.6) is 23.0 Å². The smallest absolute Gasteiger partial charge is 0.410 e. The summed E-state index contributed by atoms with van der Waals surface area (Å²) in [6.07, 6.45) is 7.67. The number of hydrogen-bond acceptors (Lipinski definition) is 10. The molecule has 0 aliphatic rings. The lowest BCUT2D eigenvalue weighted by Gasteiger charge is -2.29. The normalized spacial score (nSPS) is 13.3. The molecule has 10 nitrogen and oxygen atoms in total. The standard InChI is InChI=1S/C42H57N6O4P2S2/c1-8-41(4,9-2)49-37-19-15-35(16-20-37)31-45-47(6)53(55)42(5,10-3)50-38-21-17-36(18-22-38)32-46-48(7)54(56,51-39-23-11-33(12-24-39)27-29-43)52-40-25-13-34(14-26-40)28-30-44/h11-26,31-32H,8-10,27-30,43-44H2,1-7H3/q+1/b45-31+,46-32+. The van der Waals surface area contributed by atoms with Gasteiger partial charge < -0.3 is 30.0 Å². The second kappa shape index (κ2) is 21.0. The van der Waals surface area contributed by atoms with Gasteiger partial charge in [-0.2, -0.15) is 5.10 Å². The van der Waals surface area contributed by atoms with Crippen molar-refractivity contribution in [1.29, 1.82) is 0 Å². The van der Waals surface area contributed by atoms with Crippen molar-refractivity contribution in [3.8, 4) is 23.0 Å². The summed E-state index contributed by atoms with van der Waals surface area (Å²) in [5, 5.41) is 8.74. The Balaban J connectivity index is 1.43. The number of benzene rings is 4. The largest absolute Gasteiger partial charge is 0.488 e. The summed E-state index contributed by atoms with van der Waals surface area (Å²) < 4.78 is 29.0. The van der Waals surface area contributed by atoms with Crippen LogP contribution >= 0.6 is 13.5 Å². The summed E-state index contributed by atoms with van der Waals surface area (Å²) in [5.41, 5.74) is 15.3. The number of hydrazone groups is 2. The van der Waals surface area contributed by atoms with Crippen LogP contribution in [-0.2, 0) is 36.5 Å². The van der Waals surface area contributed by atoms with E-state index < -0.39 is 18.8 Å². The molecule has 0 fully saturated rings. The highest BCUT2D eigenvalue weighted by atomic mass is 32.5. The molecule has 4 rings (SSSR count). The number of hydrogen-bond donors (Lipinski definition) is 2. The van der Waals surface area contributed by atoms with Gasteiger partial charge in [-0.1, -0.05) is 45.0 Å². The maximum atomic E-state index is 6.56. The zero-order chi connectivity index (χ0) is 40.8. The summed E-state index contributed by atoms with van der Waals surface area (Å²) in [7, 11) is 3.66. The Morgan fingerprint density at radius 2 is 1.05 bits per heavy atom. The van der Waals surface area contributed by atoms with Crippen molar-refractivity contribution in [2.24, 2.45) is 21.7 Å². The van der Waals surface area contributed by atoms with Crippen LogP contribution in [-0.4, -0.2) is 60.1 Å². The van der Waals surface area contributed by atoms with Gasteiger partial charge in [-0.25, -0.2) is 4.78 Å². The SMILES string of the molecule is CCC(C)(CC)Oc1ccc(/C=N/N(C)[P+](=S)C(C)(CC)Oc2ccc(/C=N/N(C)P(=S)(Oc3ccc(CCN)cc3)Oc3ccc(CCN)cc3)cc2)cc1. The van der Waals surface area contributed by atoms with Gasteiger partial charge in [-0.05, 0) is 141 Å². The van der Waals surface area contributed by atoms with Crippen molar-refractivity contribution in [1.82, 2.24) is 9.56 Å². The van der Waals surface area contributed by atoms with E-state index in [1.165, 1.54) is 0 Å². The summed E-state index contributed by atoms with van der Waals surface area (Å²) in [5.74, 6) is 2.72. The molecule has 0 amide bonds. The van der Waals surface area contributed by atoms with Gasteiger partial charge in [-0.15, -0.1) is 9.88 Å². The molecule has 2 unspecified atom stereocenters. The molecule has 4 N–H and O–H groups in total. The minimum absolute atomic E-state index is 0.175. The fourth-order valence-electron chi connectivity index (χ4n) is 5.31. The Bertz CT molecular complexity index is 1890. The van der Waals surface area contributed by atoms with Crippen LogP contribution in [0.25, 0.3) is 0 Å². The maximum absolute atomic E-state index is 6.56. The first-order chi connectivity index (χ1) is 26.8. The molecule has 4 aromatic rings. The van der Waals surface area contributed by atoms with Gasteiger partial charge in [0.1, 0.15) is 28.6 Å². The van der Waals surface area contributed by atoms with E-state index in [0.717, 1.165) is 53.7 Å². The molecule has 14 heteroatoms. The average molecular weight is 836 g/mol. The molecule has 0 spiro atoms. The second-order valence-electron chi connectivity index (χ2n) is 13.8. The van der Waals surface area contributed by atoms with E-state index in [2.05, 4.69) is 32.8 Å². The quantitative estimate of drug-likeness (QED) is 0.0450. The average Bonchev–Trinajstić information content (AvgIpc) is 3.21. The monoisotopic (exact) mass is 835 g/mol. The van der Waals surface area contributed by atoms with Gasteiger partial charge in [0, 0.05) is 32.2 Å². The summed E-state index contributed by atoms with van der Waals surface area (Å²) >= 11 is 12.1. The van der Waals surface area contributed by atoms with Crippen LogP contribution in [0, 0.1) is 0 Å². The van der Waals surface area contributed by atoms with E-state index in [4.69, 9.17) is 58.7 Å². The highest BCUT2D eigenvalue weighted by Gasteiger charge is 2.45. The zero-order valence-corrected chi connectivity index (χ0v) is 37.1. The van der Waals surface area contributed by atoms with Crippen LogP contribution in [0.4, 0.5) is 0 Å². The van der Waals surface area contributed by atoms with Crippen LogP contribution in [0.3, 0.4) is 0 Å². The van der Waals surface area contributed by atoms with Crippen LogP contribution in [0.2, 0.25) is 0 Å². The Morgan fingerprint density at radius 1 is 0.643 bits per heavy atom. The first-order valence-corrected chi connectivity index (χ1v) is 23.9. The summed E-state index contributed by atoms with van der Waals surface area (Å²) in [6, 6.07) is 31.1. The third-order valence-electron chi connectivity index (χ3n) is 9.54. The molecule has 0 aromatic heterocycles. The number of nitrogens with two attached hydrogens (primary N) is 2. The van der Waals surface area contributed by atoms with E-state index in [-0.39, 0.29) is 5.60 Å². The van der Waals surface area contributed by atoms with Crippen LogP contribution < -0.4 is 30.0 Å². The molecule has 4 aromatic carbocycles. The minimum Gasteiger partial charge on any atom is -0.488 e. The molecule has 0 heterocycles. The molecular formula is C42H57N6O4P2S2+. The molecule has 0 aliphatic carbocycles. The van der Waals surface area contributed by atoms with Gasteiger partial charge in [0.25, 0.3) is 5.34 Å². The molecule has 0 saturated carbocycles. The summed E-state index contributed by atoms with van der Waals surface area (Å²) in [4.78, 5) is 0. The third kappa shape index (κ3) is 12.8. The van der Waals surface area contributed by atoms with Gasteiger partial charge in [0.2, 0.25) is 0 Å². The Hall–Kier alpha value is -3.89. The van der Waals surface area contributed by atoms with Crippen molar-refractivity contribution in [2.45, 2.75) is 77.7 Å². The number of ether oxygens (including phenoxy) is 2. The van der Waals surface area contributed by atoms with Gasteiger partial charge >= 0.3 is 13.5 Å². The molecular weight excluding hydrogens is 779 g/mol. The summed E-state index contributed by atoms with van der Waals surface area (Å²) in [6.45, 7) is 7.25. The first-order valence-electron chi connectivity index (χ1n) is 19.0. The fraction of sp³-hybridized carbons (Fsp3) is 0.381. The molecule has 300 valence electrons. The van der Waals surface area contributed by atoms with E-state index in [9.17, 15) is 0 Å². The molecule has 2 atom stereocenters. The molecule has 56 heavy (non-hydrogen) atoms. The predicted octanol–water partition coefficient (Wildman–Crippen LogP) is 9.62. The van der Waals surface area contributed by atoms with Crippen molar-refractivity contribution in [3.63, 3.8) is 0 Å². The lowest BCUT2D eigenvalue weighted by atomic mass is 10.00. The minimum atomic E-state index is -3.19. The van der Waals surface area contributed by atoms with E-state index in [1.807, 2.05) is 122 Å². The predicted molar refractivity (Wildman–Crippen MR) is 241 cm³/mol. The zero-order valence-electron chi connectivity index (χ0n) is 33.6. The van der Waals surface area contributed by atoms with Crippen LogP contribution in [0.15, 0.2) is 107 Å². The van der Waals surface area contributed by atoms with Gasteiger partial charge in [0.15, 0.2) is 11.8 Å². The van der Waals surface area contributed by atoms with Crippen molar-refractivity contribution < 1.29 is 18.5 Å². The lowest BCUT2D eigenvalue weighted by molar-refractivity contribution is 0.0803. The maximum Gasteiger partial charge on any atom is 0.410 e. The molecule has 0 aliphatic heterocycles. The van der Waals surface area contributed by atoms with Crippen molar-refractivity contribution >= 4 is 49.5 Å². The molecule has 0 saturated heterocycles. The number of rotatable bonds is 22. The topological polar surface area (TPSA) is 120 Å². The van der Waals surface area contributed by atoms with Crippen LogP contribution in [0.1, 0.15) is 76.1 Å². The van der Waals surface area contributed by atoms with Crippen molar-refractivity contribution in [3.05, 3.63) is 119 Å². The third-order valence-corrected chi connectivity index (χ3v) is 16.1. The fourth-order valence-corrected chi connectivity index (χ4v) is 9.02. The van der Waals surface area contributed by atoms with E-state index >= 15 is 0 Å². The Labute approximate surface area is 344 Å². The molecule has 0 radical (unpaired) electrons. The Morgan fingerprint density at radius 3 is 1.46 bits per heavy atom. The van der Waals surface area contributed by atoms with Gasteiger partial charge in [-0.3, -0.25) is 0 Å². The number of nitrogens with zero attached hydrogens (tertiary/aromatic N) is 4. The molecule has 0 bridgehead atoms. The highest BCUT2D eigenvalue weighted by Crippen LogP contribution is 2.52. The van der Waals surface area contributed by atoms with E-state index in [1.54, 1.807) is 18.0 Å².